The predicted molar refractivity (Wildman–Crippen MR) is 112 cm³/mol. The third kappa shape index (κ3) is 3.79. The fraction of sp³-hybridized carbons (Fsp3) is 0.300. The van der Waals surface area contributed by atoms with Gasteiger partial charge in [-0.2, -0.15) is 10.1 Å². The van der Waals surface area contributed by atoms with Crippen LogP contribution in [-0.4, -0.2) is 37.4 Å². The van der Waals surface area contributed by atoms with E-state index in [0.29, 0.717) is 36.0 Å². The van der Waals surface area contributed by atoms with E-state index in [9.17, 15) is 4.79 Å². The lowest BCUT2D eigenvalue weighted by molar-refractivity contribution is -0.113. The highest BCUT2D eigenvalue weighted by molar-refractivity contribution is 7.10. The molecule has 1 amide bonds. The third-order valence-electron chi connectivity index (χ3n) is 4.76. The summed E-state index contributed by atoms with van der Waals surface area (Å²) in [6.07, 6.45) is 2.80. The first-order valence-corrected chi connectivity index (χ1v) is 10.3. The smallest absolute Gasteiger partial charge is 0.257 e. The molecule has 1 aliphatic heterocycles. The molecule has 1 atom stereocenters. The maximum atomic E-state index is 13.2. The molecule has 150 valence electrons. The molecule has 1 unspecified atom stereocenters. The molecule has 1 aliphatic rings. The topological polar surface area (TPSA) is 105 Å². The fourth-order valence-corrected chi connectivity index (χ4v) is 4.38. The van der Waals surface area contributed by atoms with Gasteiger partial charge in [0.1, 0.15) is 11.9 Å². The first kappa shape index (κ1) is 19.3. The van der Waals surface area contributed by atoms with Crippen molar-refractivity contribution in [1.29, 1.82) is 0 Å². The lowest BCUT2D eigenvalue weighted by Gasteiger charge is -2.28. The number of pyridine rings is 1. The van der Waals surface area contributed by atoms with Gasteiger partial charge in [-0.25, -0.2) is 9.67 Å². The normalized spacial score (nSPS) is 15.8. The Bertz CT molecular complexity index is 1060. The van der Waals surface area contributed by atoms with Crippen LogP contribution in [0.1, 0.15) is 35.7 Å². The molecule has 4 heterocycles. The summed E-state index contributed by atoms with van der Waals surface area (Å²) in [6, 6.07) is 7.03. The van der Waals surface area contributed by atoms with E-state index in [0.717, 1.165) is 16.1 Å². The van der Waals surface area contributed by atoms with E-state index >= 15 is 0 Å². The number of nitrogens with zero attached hydrogens (tertiary/aromatic N) is 4. The van der Waals surface area contributed by atoms with Gasteiger partial charge in [-0.3, -0.25) is 4.79 Å². The molecular formula is C20H22N6O2S. The second-order valence-electron chi connectivity index (χ2n) is 6.83. The number of nitrogens with one attached hydrogen (secondary N) is 2. The monoisotopic (exact) mass is 410 g/mol. The zero-order valence-electron chi connectivity index (χ0n) is 16.2. The van der Waals surface area contributed by atoms with Crippen molar-refractivity contribution in [2.75, 3.05) is 17.2 Å². The molecule has 0 saturated carbocycles. The van der Waals surface area contributed by atoms with E-state index in [1.54, 1.807) is 34.3 Å². The molecule has 8 nitrogen and oxygen atoms in total. The molecule has 0 spiro atoms. The molecule has 3 N–H and O–H groups in total. The first-order chi connectivity index (χ1) is 14.1. The number of aliphatic hydroxyl groups excluding tert-OH is 1. The van der Waals surface area contributed by atoms with Gasteiger partial charge in [0.15, 0.2) is 5.82 Å². The van der Waals surface area contributed by atoms with E-state index in [1.165, 1.54) is 0 Å². The van der Waals surface area contributed by atoms with Crippen molar-refractivity contribution in [3.05, 3.63) is 63.4 Å². The van der Waals surface area contributed by atoms with E-state index in [2.05, 4.69) is 25.7 Å². The lowest BCUT2D eigenvalue weighted by Crippen LogP contribution is -2.31. The molecule has 3 aromatic heterocycles. The highest BCUT2D eigenvalue weighted by Gasteiger charge is 2.35. The van der Waals surface area contributed by atoms with Crippen molar-refractivity contribution >= 4 is 29.0 Å². The number of carbonyl (C=O) groups is 1. The number of hydrogen-bond donors (Lipinski definition) is 3. The van der Waals surface area contributed by atoms with E-state index < -0.39 is 0 Å². The Morgan fingerprint density at radius 3 is 2.90 bits per heavy atom. The van der Waals surface area contributed by atoms with Crippen molar-refractivity contribution in [1.82, 2.24) is 19.7 Å². The van der Waals surface area contributed by atoms with Crippen LogP contribution in [-0.2, 0) is 11.2 Å². The maximum absolute atomic E-state index is 13.2. The second kappa shape index (κ2) is 8.14. The largest absolute Gasteiger partial charge is 0.396 e. The van der Waals surface area contributed by atoms with Gasteiger partial charge in [0.05, 0.1) is 5.57 Å². The number of carbonyl (C=O) groups excluding carboxylic acids is 1. The number of anilines is 2. The summed E-state index contributed by atoms with van der Waals surface area (Å²) < 4.78 is 1.77. The van der Waals surface area contributed by atoms with Gasteiger partial charge in [-0.15, -0.1) is 11.3 Å². The van der Waals surface area contributed by atoms with Crippen LogP contribution in [0.2, 0.25) is 0 Å². The van der Waals surface area contributed by atoms with Crippen LogP contribution in [0, 0.1) is 6.92 Å². The van der Waals surface area contributed by atoms with Crippen molar-refractivity contribution in [2.45, 2.75) is 32.7 Å². The van der Waals surface area contributed by atoms with Gasteiger partial charge >= 0.3 is 0 Å². The molecule has 0 bridgehead atoms. The van der Waals surface area contributed by atoms with Crippen LogP contribution < -0.4 is 10.6 Å². The van der Waals surface area contributed by atoms with Gasteiger partial charge < -0.3 is 15.7 Å². The van der Waals surface area contributed by atoms with Gasteiger partial charge in [0.25, 0.3) is 5.91 Å². The number of amides is 1. The number of aliphatic hydroxyl groups is 1. The van der Waals surface area contributed by atoms with Gasteiger partial charge in [-0.05, 0) is 49.4 Å². The van der Waals surface area contributed by atoms with E-state index in [1.807, 2.05) is 31.4 Å². The van der Waals surface area contributed by atoms with Crippen LogP contribution >= 0.6 is 11.3 Å². The van der Waals surface area contributed by atoms with Crippen molar-refractivity contribution in [3.8, 4) is 0 Å². The molecular weight excluding hydrogens is 388 g/mol. The number of allylic oxidation sites excluding steroid dienone is 1. The van der Waals surface area contributed by atoms with E-state index in [-0.39, 0.29) is 18.6 Å². The number of hydrogen-bond acceptors (Lipinski definition) is 7. The van der Waals surface area contributed by atoms with Gasteiger partial charge in [0, 0.05) is 29.8 Å². The number of aryl methyl sites for hydroxylation is 2. The van der Waals surface area contributed by atoms with Crippen LogP contribution in [0.4, 0.5) is 11.8 Å². The summed E-state index contributed by atoms with van der Waals surface area (Å²) in [5.41, 5.74) is 2.40. The molecule has 0 aliphatic carbocycles. The molecule has 4 rings (SSSR count). The van der Waals surface area contributed by atoms with Crippen molar-refractivity contribution < 1.29 is 9.90 Å². The summed E-state index contributed by atoms with van der Waals surface area (Å²) in [4.78, 5) is 23.0. The fourth-order valence-electron chi connectivity index (χ4n) is 3.36. The quantitative estimate of drug-likeness (QED) is 0.577. The standard InChI is InChI=1S/C20H22N6O2S/c1-12-8-11-29-18(12)17-16(19(28)23-14-6-3-4-9-21-14)13(2)22-20-24-15(7-5-10-27)25-26(17)20/h3-4,6,8-9,11,17,27H,5,7,10H2,1-2H3,(H,21,23,28)(H,22,24,25). The predicted octanol–water partition coefficient (Wildman–Crippen LogP) is 2.90. The zero-order chi connectivity index (χ0) is 20.4. The minimum Gasteiger partial charge on any atom is -0.396 e. The highest BCUT2D eigenvalue weighted by Crippen LogP contribution is 2.39. The number of thiophene rings is 1. The Labute approximate surface area is 172 Å². The third-order valence-corrected chi connectivity index (χ3v) is 5.83. The van der Waals surface area contributed by atoms with Crippen molar-refractivity contribution in [3.63, 3.8) is 0 Å². The first-order valence-electron chi connectivity index (χ1n) is 9.39. The average molecular weight is 411 g/mol. The molecule has 0 saturated heterocycles. The van der Waals surface area contributed by atoms with Crippen LogP contribution in [0.3, 0.4) is 0 Å². The molecule has 0 aromatic carbocycles. The number of aromatic nitrogens is 4. The Hall–Kier alpha value is -3.04. The van der Waals surface area contributed by atoms with Gasteiger partial charge in [-0.1, -0.05) is 6.07 Å². The average Bonchev–Trinajstić information content (AvgIpc) is 3.31. The minimum absolute atomic E-state index is 0.0831. The Morgan fingerprint density at radius 1 is 1.34 bits per heavy atom. The second-order valence-corrected chi connectivity index (χ2v) is 7.77. The summed E-state index contributed by atoms with van der Waals surface area (Å²) >= 11 is 1.59. The highest BCUT2D eigenvalue weighted by atomic mass is 32.1. The summed E-state index contributed by atoms with van der Waals surface area (Å²) in [7, 11) is 0. The summed E-state index contributed by atoms with van der Waals surface area (Å²) in [6.45, 7) is 3.98. The SMILES string of the molecule is CC1=C(C(=O)Nc2ccccn2)C(c2sccc2C)n2nc(CCCO)nc2N1. The number of rotatable bonds is 6. The van der Waals surface area contributed by atoms with Crippen LogP contribution in [0.25, 0.3) is 0 Å². The van der Waals surface area contributed by atoms with Crippen LogP contribution in [0.15, 0.2) is 47.1 Å². The summed E-state index contributed by atoms with van der Waals surface area (Å²) in [5.74, 6) is 1.50. The molecule has 9 heteroatoms. The van der Waals surface area contributed by atoms with E-state index in [4.69, 9.17) is 5.11 Å². The molecule has 0 fully saturated rings. The maximum Gasteiger partial charge on any atom is 0.257 e. The molecule has 3 aromatic rings. The number of fused-ring (bicyclic) bond motifs is 1. The Kier molecular flexibility index (Phi) is 5.41. The van der Waals surface area contributed by atoms with Crippen LogP contribution in [0.5, 0.6) is 0 Å². The zero-order valence-corrected chi connectivity index (χ0v) is 17.0. The van der Waals surface area contributed by atoms with Gasteiger partial charge in [0.2, 0.25) is 5.95 Å². The minimum atomic E-state index is -0.384. The van der Waals surface area contributed by atoms with Crippen molar-refractivity contribution in [2.24, 2.45) is 0 Å². The lowest BCUT2D eigenvalue weighted by atomic mass is 9.99. The molecule has 29 heavy (non-hydrogen) atoms. The summed E-state index contributed by atoms with van der Waals surface area (Å²) in [5, 5.41) is 21.9. The Balaban J connectivity index is 1.75. The molecule has 0 radical (unpaired) electrons. The Morgan fingerprint density at radius 2 is 2.21 bits per heavy atom.